The lowest BCUT2D eigenvalue weighted by molar-refractivity contribution is 0.0513. The van der Waals surface area contributed by atoms with Gasteiger partial charge in [0.1, 0.15) is 0 Å². The van der Waals surface area contributed by atoms with Gasteiger partial charge in [0.15, 0.2) is 0 Å². The van der Waals surface area contributed by atoms with Crippen LogP contribution in [-0.4, -0.2) is 38.0 Å². The summed E-state index contributed by atoms with van der Waals surface area (Å²) in [6.45, 7) is 3.08. The van der Waals surface area contributed by atoms with Crippen LogP contribution in [0.4, 0.5) is 0 Å². The molecule has 1 saturated heterocycles. The van der Waals surface area contributed by atoms with Crippen LogP contribution in [0.5, 0.6) is 0 Å². The molecule has 1 saturated carbocycles. The third-order valence-corrected chi connectivity index (χ3v) is 4.06. The van der Waals surface area contributed by atoms with E-state index in [1.165, 1.54) is 32.1 Å². The largest absolute Gasteiger partial charge is 0.380 e. The standard InChI is InChI=1S/C13H25NO2/c1-10-11(8-9-16-10)14-12-6-4-3-5-7-13(12)15-2/h10-14H,3-9H2,1-2H3. The van der Waals surface area contributed by atoms with Crippen LogP contribution in [0, 0.1) is 0 Å². The molecule has 94 valence electrons. The lowest BCUT2D eigenvalue weighted by atomic mass is 10.0. The molecule has 0 aromatic rings. The summed E-state index contributed by atoms with van der Waals surface area (Å²) in [6, 6.07) is 1.06. The zero-order valence-electron chi connectivity index (χ0n) is 10.6. The molecule has 1 aliphatic heterocycles. The van der Waals surface area contributed by atoms with Crippen LogP contribution < -0.4 is 5.32 Å². The quantitative estimate of drug-likeness (QED) is 0.749. The molecule has 3 nitrogen and oxygen atoms in total. The Hall–Kier alpha value is -0.120. The highest BCUT2D eigenvalue weighted by molar-refractivity contribution is 4.87. The molecule has 2 fully saturated rings. The molecule has 0 spiro atoms. The minimum absolute atomic E-state index is 0.362. The number of methoxy groups -OCH3 is 1. The third kappa shape index (κ3) is 2.96. The van der Waals surface area contributed by atoms with Gasteiger partial charge in [0, 0.05) is 25.8 Å². The maximum atomic E-state index is 5.63. The van der Waals surface area contributed by atoms with E-state index in [2.05, 4.69) is 12.2 Å². The molecule has 1 aliphatic carbocycles. The predicted octanol–water partition coefficient (Wildman–Crippen LogP) is 2.10. The smallest absolute Gasteiger partial charge is 0.0724 e. The second kappa shape index (κ2) is 5.99. The van der Waals surface area contributed by atoms with Crippen LogP contribution in [0.2, 0.25) is 0 Å². The number of hydrogen-bond acceptors (Lipinski definition) is 3. The molecule has 4 atom stereocenters. The first-order valence-corrected chi connectivity index (χ1v) is 6.71. The van der Waals surface area contributed by atoms with Crippen molar-refractivity contribution in [2.45, 2.75) is 69.7 Å². The molecule has 1 heterocycles. The molecule has 0 aromatic carbocycles. The van der Waals surface area contributed by atoms with E-state index in [0.29, 0.717) is 24.3 Å². The van der Waals surface area contributed by atoms with E-state index in [9.17, 15) is 0 Å². The Morgan fingerprint density at radius 3 is 2.56 bits per heavy atom. The van der Waals surface area contributed by atoms with E-state index in [-0.39, 0.29) is 0 Å². The predicted molar refractivity (Wildman–Crippen MR) is 64.6 cm³/mol. The Balaban J connectivity index is 1.89. The molecular weight excluding hydrogens is 202 g/mol. The summed E-state index contributed by atoms with van der Waals surface area (Å²) in [7, 11) is 1.85. The van der Waals surface area contributed by atoms with Crippen molar-refractivity contribution in [3.8, 4) is 0 Å². The van der Waals surface area contributed by atoms with Crippen LogP contribution in [0.25, 0.3) is 0 Å². The van der Waals surface area contributed by atoms with Gasteiger partial charge in [-0.3, -0.25) is 0 Å². The van der Waals surface area contributed by atoms with Crippen molar-refractivity contribution in [1.82, 2.24) is 5.32 Å². The van der Waals surface area contributed by atoms with Crippen molar-refractivity contribution < 1.29 is 9.47 Å². The van der Waals surface area contributed by atoms with Gasteiger partial charge >= 0.3 is 0 Å². The van der Waals surface area contributed by atoms with Gasteiger partial charge in [-0.1, -0.05) is 19.3 Å². The second-order valence-electron chi connectivity index (χ2n) is 5.16. The minimum atomic E-state index is 0.362. The average Bonchev–Trinajstić information content (AvgIpc) is 2.56. The summed E-state index contributed by atoms with van der Waals surface area (Å²) in [5.74, 6) is 0. The van der Waals surface area contributed by atoms with Crippen LogP contribution in [0.15, 0.2) is 0 Å². The van der Waals surface area contributed by atoms with Crippen LogP contribution in [-0.2, 0) is 9.47 Å². The first-order chi connectivity index (χ1) is 7.81. The lowest BCUT2D eigenvalue weighted by Crippen LogP contribution is -2.48. The van der Waals surface area contributed by atoms with E-state index in [1.807, 2.05) is 7.11 Å². The molecule has 0 amide bonds. The topological polar surface area (TPSA) is 30.5 Å². The monoisotopic (exact) mass is 227 g/mol. The Kier molecular flexibility index (Phi) is 4.62. The van der Waals surface area contributed by atoms with E-state index in [4.69, 9.17) is 9.47 Å². The Morgan fingerprint density at radius 2 is 1.88 bits per heavy atom. The highest BCUT2D eigenvalue weighted by atomic mass is 16.5. The molecule has 0 aromatic heterocycles. The summed E-state index contributed by atoms with van der Waals surface area (Å²) < 4.78 is 11.2. The van der Waals surface area contributed by atoms with Crippen molar-refractivity contribution in [1.29, 1.82) is 0 Å². The van der Waals surface area contributed by atoms with E-state index < -0.39 is 0 Å². The van der Waals surface area contributed by atoms with Crippen LogP contribution in [0.1, 0.15) is 45.4 Å². The molecule has 0 radical (unpaired) electrons. The Bertz CT molecular complexity index is 210. The molecular formula is C13H25NO2. The van der Waals surface area contributed by atoms with E-state index in [1.54, 1.807) is 0 Å². The fourth-order valence-electron chi connectivity index (χ4n) is 2.97. The maximum absolute atomic E-state index is 5.63. The maximum Gasteiger partial charge on any atom is 0.0724 e. The molecule has 16 heavy (non-hydrogen) atoms. The summed E-state index contributed by atoms with van der Waals surface area (Å²) in [5.41, 5.74) is 0. The summed E-state index contributed by atoms with van der Waals surface area (Å²) in [6.07, 6.45) is 8.37. The van der Waals surface area contributed by atoms with Gasteiger partial charge in [0.25, 0.3) is 0 Å². The van der Waals surface area contributed by atoms with Crippen molar-refractivity contribution in [3.05, 3.63) is 0 Å². The highest BCUT2D eigenvalue weighted by Gasteiger charge is 2.30. The molecule has 2 rings (SSSR count). The first-order valence-electron chi connectivity index (χ1n) is 6.71. The van der Waals surface area contributed by atoms with Gasteiger partial charge < -0.3 is 14.8 Å². The van der Waals surface area contributed by atoms with E-state index >= 15 is 0 Å². The lowest BCUT2D eigenvalue weighted by Gasteiger charge is -2.29. The van der Waals surface area contributed by atoms with Crippen molar-refractivity contribution >= 4 is 0 Å². The molecule has 1 N–H and O–H groups in total. The van der Waals surface area contributed by atoms with Gasteiger partial charge in [-0.15, -0.1) is 0 Å². The number of ether oxygens (including phenoxy) is 2. The molecule has 0 bridgehead atoms. The SMILES string of the molecule is COC1CCCCCC1NC1CCOC1C. The van der Waals surface area contributed by atoms with Crippen LogP contribution >= 0.6 is 0 Å². The number of nitrogens with one attached hydrogen (secondary N) is 1. The molecule has 4 unspecified atom stereocenters. The van der Waals surface area contributed by atoms with Crippen molar-refractivity contribution in [2.24, 2.45) is 0 Å². The molecule has 3 heteroatoms. The third-order valence-electron chi connectivity index (χ3n) is 4.06. The van der Waals surface area contributed by atoms with Gasteiger partial charge in [0.2, 0.25) is 0 Å². The van der Waals surface area contributed by atoms with E-state index in [0.717, 1.165) is 13.0 Å². The van der Waals surface area contributed by atoms with Gasteiger partial charge in [-0.2, -0.15) is 0 Å². The zero-order valence-corrected chi connectivity index (χ0v) is 10.6. The summed E-state index contributed by atoms with van der Waals surface area (Å²) in [4.78, 5) is 0. The fraction of sp³-hybridized carbons (Fsp3) is 1.00. The average molecular weight is 227 g/mol. The highest BCUT2D eigenvalue weighted by Crippen LogP contribution is 2.22. The second-order valence-corrected chi connectivity index (χ2v) is 5.16. The minimum Gasteiger partial charge on any atom is -0.380 e. The number of hydrogen-bond donors (Lipinski definition) is 1. The van der Waals surface area contributed by atoms with Gasteiger partial charge in [0.05, 0.1) is 12.2 Å². The normalized spacial score (nSPS) is 40.9. The van der Waals surface area contributed by atoms with Gasteiger partial charge in [-0.25, -0.2) is 0 Å². The fourth-order valence-corrected chi connectivity index (χ4v) is 2.97. The van der Waals surface area contributed by atoms with Crippen molar-refractivity contribution in [2.75, 3.05) is 13.7 Å². The zero-order chi connectivity index (χ0) is 11.4. The Morgan fingerprint density at radius 1 is 1.06 bits per heavy atom. The number of rotatable bonds is 3. The molecule has 2 aliphatic rings. The summed E-state index contributed by atoms with van der Waals surface area (Å²) >= 11 is 0. The summed E-state index contributed by atoms with van der Waals surface area (Å²) in [5, 5.41) is 3.76. The van der Waals surface area contributed by atoms with Gasteiger partial charge in [-0.05, 0) is 26.2 Å². The first kappa shape index (κ1) is 12.3. The van der Waals surface area contributed by atoms with Crippen LogP contribution in [0.3, 0.4) is 0 Å². The Labute approximate surface area is 98.9 Å². The van der Waals surface area contributed by atoms with Crippen molar-refractivity contribution in [3.63, 3.8) is 0 Å².